The summed E-state index contributed by atoms with van der Waals surface area (Å²) in [6.45, 7) is 5.56. The van der Waals surface area contributed by atoms with Crippen LogP contribution in [0.5, 0.6) is 0 Å². The minimum Gasteiger partial charge on any atom is -0.391 e. The van der Waals surface area contributed by atoms with Crippen LogP contribution in [0.25, 0.3) is 11.3 Å². The van der Waals surface area contributed by atoms with E-state index in [1.807, 2.05) is 18.2 Å². The van der Waals surface area contributed by atoms with Gasteiger partial charge in [-0.05, 0) is 36.4 Å². The summed E-state index contributed by atoms with van der Waals surface area (Å²) >= 11 is 0. The van der Waals surface area contributed by atoms with Gasteiger partial charge in [-0.3, -0.25) is 9.59 Å². The molecule has 3 aromatic rings. The van der Waals surface area contributed by atoms with E-state index >= 15 is 0 Å². The van der Waals surface area contributed by atoms with Crippen LogP contribution in [0, 0.1) is 0 Å². The molecule has 1 aromatic heterocycles. The van der Waals surface area contributed by atoms with E-state index in [9.17, 15) is 19.5 Å². The van der Waals surface area contributed by atoms with Crippen LogP contribution in [0.3, 0.4) is 0 Å². The summed E-state index contributed by atoms with van der Waals surface area (Å²) in [5.41, 5.74) is 8.44. The number of aliphatic hydroxyl groups excluding tert-OH is 1. The minimum atomic E-state index is -0.851. The number of hydrogen-bond donors (Lipinski definition) is 4. The second kappa shape index (κ2) is 13.5. The van der Waals surface area contributed by atoms with Crippen molar-refractivity contribution in [3.8, 4) is 11.3 Å². The van der Waals surface area contributed by atoms with Gasteiger partial charge < -0.3 is 45.6 Å². The van der Waals surface area contributed by atoms with Crippen LogP contribution in [0.2, 0.25) is 0 Å². The van der Waals surface area contributed by atoms with Gasteiger partial charge in [0.25, 0.3) is 5.91 Å². The topological polar surface area (TPSA) is 175 Å². The molecule has 5 N–H and O–H groups in total. The molecule has 2 aromatic carbocycles. The number of primary amides is 1. The molecule has 45 heavy (non-hydrogen) atoms. The third-order valence-corrected chi connectivity index (χ3v) is 8.03. The Morgan fingerprint density at radius 3 is 2.00 bits per heavy atom. The SMILES string of the molecule is NC(=O)[C@@H]1CC(O)CN1C(=O)c1ccc(NC(=O)Nc2ccc(-c3cc(N4CCOCC4)nc(N4CCOCC4)n3)cc2)cc1. The van der Waals surface area contributed by atoms with E-state index in [0.29, 0.717) is 49.3 Å². The van der Waals surface area contributed by atoms with E-state index in [0.717, 1.165) is 43.3 Å². The average molecular weight is 617 g/mol. The first kappa shape index (κ1) is 30.2. The Balaban J connectivity index is 1.10. The van der Waals surface area contributed by atoms with Crippen LogP contribution in [0.1, 0.15) is 16.8 Å². The zero-order valence-electron chi connectivity index (χ0n) is 24.7. The van der Waals surface area contributed by atoms with Crippen molar-refractivity contribution in [1.29, 1.82) is 0 Å². The first-order valence-electron chi connectivity index (χ1n) is 15.0. The van der Waals surface area contributed by atoms with E-state index < -0.39 is 30.0 Å². The number of anilines is 4. The number of aliphatic hydroxyl groups is 1. The Bertz CT molecular complexity index is 1490. The number of nitrogens with zero attached hydrogens (tertiary/aromatic N) is 5. The van der Waals surface area contributed by atoms with Crippen molar-refractivity contribution in [3.63, 3.8) is 0 Å². The van der Waals surface area contributed by atoms with Gasteiger partial charge >= 0.3 is 6.03 Å². The lowest BCUT2D eigenvalue weighted by Crippen LogP contribution is -2.43. The molecule has 0 spiro atoms. The molecule has 0 bridgehead atoms. The standard InChI is InChI=1S/C31H36N8O6/c32-28(41)26-17-24(40)19-39(26)29(42)21-3-7-23(8-4-21)34-31(43)33-22-5-1-20(2-6-22)25-18-27(37-9-13-44-14-10-37)36-30(35-25)38-11-15-45-16-12-38/h1-8,18,24,26,40H,9-17,19H2,(H2,32,41)(H2,33,34,43)/t24?,26-/m0/s1. The number of carbonyl (C=O) groups excluding carboxylic acids is 3. The number of nitrogens with two attached hydrogens (primary N) is 1. The number of amides is 4. The van der Waals surface area contributed by atoms with Crippen molar-refractivity contribution in [2.75, 3.05) is 79.6 Å². The van der Waals surface area contributed by atoms with Gasteiger partial charge in [0.2, 0.25) is 11.9 Å². The second-order valence-corrected chi connectivity index (χ2v) is 11.1. The van der Waals surface area contributed by atoms with E-state index in [1.165, 1.54) is 4.90 Å². The van der Waals surface area contributed by atoms with Crippen molar-refractivity contribution in [2.24, 2.45) is 5.73 Å². The number of nitrogens with one attached hydrogen (secondary N) is 2. The molecule has 4 amide bonds. The summed E-state index contributed by atoms with van der Waals surface area (Å²) in [6.07, 6.45) is -0.683. The number of likely N-dealkylation sites (tertiary alicyclic amines) is 1. The number of hydrogen-bond acceptors (Lipinski definition) is 10. The average Bonchev–Trinajstić information content (AvgIpc) is 3.47. The lowest BCUT2D eigenvalue weighted by atomic mass is 10.1. The van der Waals surface area contributed by atoms with Crippen LogP contribution < -0.4 is 26.2 Å². The zero-order chi connectivity index (χ0) is 31.3. The van der Waals surface area contributed by atoms with Gasteiger partial charge in [0.1, 0.15) is 11.9 Å². The Morgan fingerprint density at radius 1 is 0.822 bits per heavy atom. The third kappa shape index (κ3) is 7.14. The van der Waals surface area contributed by atoms with Crippen molar-refractivity contribution in [2.45, 2.75) is 18.6 Å². The number of aromatic nitrogens is 2. The highest BCUT2D eigenvalue weighted by Crippen LogP contribution is 2.27. The van der Waals surface area contributed by atoms with E-state index in [1.54, 1.807) is 36.4 Å². The first-order valence-corrected chi connectivity index (χ1v) is 15.0. The van der Waals surface area contributed by atoms with Gasteiger partial charge in [0.05, 0.1) is 38.2 Å². The second-order valence-electron chi connectivity index (χ2n) is 11.1. The molecule has 0 radical (unpaired) electrons. The molecule has 1 unspecified atom stereocenters. The lowest BCUT2D eigenvalue weighted by Gasteiger charge is -2.31. The smallest absolute Gasteiger partial charge is 0.323 e. The summed E-state index contributed by atoms with van der Waals surface area (Å²) in [7, 11) is 0. The van der Waals surface area contributed by atoms with Gasteiger partial charge in [-0.2, -0.15) is 4.98 Å². The van der Waals surface area contributed by atoms with Crippen molar-refractivity contribution in [3.05, 3.63) is 60.2 Å². The van der Waals surface area contributed by atoms with Crippen molar-refractivity contribution < 1.29 is 29.0 Å². The Kier molecular flexibility index (Phi) is 9.05. The maximum atomic E-state index is 12.9. The number of carbonyl (C=O) groups is 3. The van der Waals surface area contributed by atoms with Gasteiger partial charge in [0.15, 0.2) is 0 Å². The maximum Gasteiger partial charge on any atom is 0.323 e. The number of urea groups is 1. The molecule has 2 atom stereocenters. The van der Waals surface area contributed by atoms with Crippen LogP contribution in [-0.4, -0.2) is 109 Å². The normalized spacial score (nSPS) is 20.2. The molecule has 3 aliphatic heterocycles. The highest BCUT2D eigenvalue weighted by Gasteiger charge is 2.38. The quantitative estimate of drug-likeness (QED) is 0.305. The summed E-state index contributed by atoms with van der Waals surface area (Å²) in [4.78, 5) is 52.7. The van der Waals surface area contributed by atoms with E-state index in [2.05, 4.69) is 20.4 Å². The molecule has 4 heterocycles. The van der Waals surface area contributed by atoms with Crippen molar-refractivity contribution >= 4 is 41.0 Å². The summed E-state index contributed by atoms with van der Waals surface area (Å²) < 4.78 is 11.0. The Hall–Kier alpha value is -4.79. The zero-order valence-corrected chi connectivity index (χ0v) is 24.7. The predicted octanol–water partition coefficient (Wildman–Crippen LogP) is 1.52. The molecule has 6 rings (SSSR count). The van der Waals surface area contributed by atoms with Gasteiger partial charge in [0, 0.05) is 67.7 Å². The Morgan fingerprint density at radius 2 is 1.40 bits per heavy atom. The summed E-state index contributed by atoms with van der Waals surface area (Å²) in [5.74, 6) is 0.446. The summed E-state index contributed by atoms with van der Waals surface area (Å²) in [5, 5.41) is 15.5. The van der Waals surface area contributed by atoms with Crippen LogP contribution >= 0.6 is 0 Å². The molecule has 3 saturated heterocycles. The fourth-order valence-corrected chi connectivity index (χ4v) is 5.62. The number of morpholine rings is 2. The first-order chi connectivity index (χ1) is 21.8. The highest BCUT2D eigenvalue weighted by atomic mass is 16.5. The molecular weight excluding hydrogens is 580 g/mol. The third-order valence-electron chi connectivity index (χ3n) is 8.03. The molecule has 3 fully saturated rings. The van der Waals surface area contributed by atoms with E-state index in [-0.39, 0.29) is 13.0 Å². The number of β-amino-alcohol motifs (C(OH)–C–C–N with tert-alkyl or cyclic N) is 1. The van der Waals surface area contributed by atoms with Crippen molar-refractivity contribution in [1.82, 2.24) is 14.9 Å². The molecular formula is C31H36N8O6. The van der Waals surface area contributed by atoms with Crippen LogP contribution in [-0.2, 0) is 14.3 Å². The fraction of sp³-hybridized carbons (Fsp3) is 0.387. The molecule has 0 saturated carbocycles. The van der Waals surface area contributed by atoms with E-state index in [4.69, 9.17) is 25.2 Å². The minimum absolute atomic E-state index is 0.0366. The van der Waals surface area contributed by atoms with Gasteiger partial charge in [-0.15, -0.1) is 0 Å². The van der Waals surface area contributed by atoms with Gasteiger partial charge in [-0.25, -0.2) is 9.78 Å². The summed E-state index contributed by atoms with van der Waals surface area (Å²) in [6, 6.07) is 14.4. The molecule has 14 nitrogen and oxygen atoms in total. The molecule has 236 valence electrons. The monoisotopic (exact) mass is 616 g/mol. The predicted molar refractivity (Wildman–Crippen MR) is 167 cm³/mol. The fourth-order valence-electron chi connectivity index (χ4n) is 5.62. The van der Waals surface area contributed by atoms with Crippen LogP contribution in [0.4, 0.5) is 27.9 Å². The molecule has 0 aliphatic carbocycles. The molecule has 3 aliphatic rings. The Labute approximate surface area is 260 Å². The number of ether oxygens (including phenoxy) is 2. The number of benzene rings is 2. The van der Waals surface area contributed by atoms with Gasteiger partial charge in [-0.1, -0.05) is 12.1 Å². The lowest BCUT2D eigenvalue weighted by molar-refractivity contribution is -0.121. The largest absolute Gasteiger partial charge is 0.391 e. The maximum absolute atomic E-state index is 12.9. The van der Waals surface area contributed by atoms with Crippen LogP contribution in [0.15, 0.2) is 54.6 Å². The highest BCUT2D eigenvalue weighted by molar-refractivity contribution is 6.01. The molecule has 14 heteroatoms. The number of rotatable bonds is 7.